The fraction of sp³-hybridized carbons (Fsp3) is 0.538. The largest absolute Gasteiger partial charge is 0.244 e. The molecule has 0 bridgehead atoms. The normalized spacial score (nSPS) is 24.8. The molecule has 0 saturated carbocycles. The number of halogens is 2. The summed E-state index contributed by atoms with van der Waals surface area (Å²) in [4.78, 5) is 0.322. The van der Waals surface area contributed by atoms with Crippen molar-refractivity contribution in [2.75, 3.05) is 6.54 Å². The molecule has 1 heterocycles. The Hall–Kier alpha value is -0.100. The topological polar surface area (TPSA) is 37.4 Å². The summed E-state index contributed by atoms with van der Waals surface area (Å²) >= 11 is 9.10. The van der Waals surface area contributed by atoms with Crippen LogP contribution in [0.1, 0.15) is 25.8 Å². The molecule has 0 aromatic heterocycles. The average Bonchev–Trinajstić information content (AvgIpc) is 2.68. The van der Waals surface area contributed by atoms with Crippen molar-refractivity contribution in [3.63, 3.8) is 0 Å². The molecular formula is C13H17BrClNO2S. The SMILES string of the molecule is CC1CC(C)N(S(=O)(=O)c2ccc(CCl)cc2Br)C1. The van der Waals surface area contributed by atoms with Gasteiger partial charge in [0.2, 0.25) is 10.0 Å². The highest BCUT2D eigenvalue weighted by Gasteiger charge is 2.36. The fourth-order valence-corrected chi connectivity index (χ4v) is 5.57. The van der Waals surface area contributed by atoms with Gasteiger partial charge in [-0.25, -0.2) is 8.42 Å². The molecule has 106 valence electrons. The average molecular weight is 367 g/mol. The van der Waals surface area contributed by atoms with Gasteiger partial charge >= 0.3 is 0 Å². The van der Waals surface area contributed by atoms with E-state index >= 15 is 0 Å². The van der Waals surface area contributed by atoms with Crippen LogP contribution >= 0.6 is 27.5 Å². The van der Waals surface area contributed by atoms with Crippen LogP contribution in [-0.4, -0.2) is 25.3 Å². The Balaban J connectivity index is 2.40. The molecule has 1 fully saturated rings. The van der Waals surface area contributed by atoms with Crippen LogP contribution in [0.4, 0.5) is 0 Å². The molecule has 6 heteroatoms. The second-order valence-electron chi connectivity index (χ2n) is 5.16. The zero-order chi connectivity index (χ0) is 14.2. The molecule has 0 N–H and O–H groups in total. The first-order chi connectivity index (χ1) is 8.86. The Morgan fingerprint density at radius 2 is 2.11 bits per heavy atom. The molecule has 2 atom stereocenters. The minimum Gasteiger partial charge on any atom is -0.207 e. The van der Waals surface area contributed by atoms with Crippen LogP contribution in [0.5, 0.6) is 0 Å². The van der Waals surface area contributed by atoms with Crippen molar-refractivity contribution in [1.29, 1.82) is 0 Å². The third-order valence-corrected chi connectivity index (χ3v) is 6.73. The summed E-state index contributed by atoms with van der Waals surface area (Å²) in [7, 11) is -3.43. The van der Waals surface area contributed by atoms with E-state index in [0.717, 1.165) is 12.0 Å². The maximum atomic E-state index is 12.7. The van der Waals surface area contributed by atoms with E-state index in [1.165, 1.54) is 0 Å². The molecule has 0 spiro atoms. The van der Waals surface area contributed by atoms with Crippen molar-refractivity contribution in [2.24, 2.45) is 5.92 Å². The maximum Gasteiger partial charge on any atom is 0.244 e. The van der Waals surface area contributed by atoms with Crippen LogP contribution in [0.25, 0.3) is 0 Å². The van der Waals surface area contributed by atoms with Gasteiger partial charge in [-0.05, 0) is 52.9 Å². The second kappa shape index (κ2) is 5.72. The van der Waals surface area contributed by atoms with Gasteiger partial charge in [-0.15, -0.1) is 11.6 Å². The van der Waals surface area contributed by atoms with Gasteiger partial charge in [0.1, 0.15) is 0 Å². The van der Waals surface area contributed by atoms with Crippen molar-refractivity contribution >= 4 is 37.6 Å². The van der Waals surface area contributed by atoms with Gasteiger partial charge in [0.05, 0.1) is 4.90 Å². The summed E-state index contributed by atoms with van der Waals surface area (Å²) in [6.45, 7) is 4.63. The molecule has 2 rings (SSSR count). The standard InChI is InChI=1S/C13H17BrClNO2S/c1-9-5-10(2)16(8-9)19(17,18)13-4-3-11(7-15)6-12(13)14/h3-4,6,9-10H,5,7-8H2,1-2H3. The van der Waals surface area contributed by atoms with Gasteiger partial charge in [-0.3, -0.25) is 0 Å². The molecule has 1 saturated heterocycles. The molecule has 1 aliphatic heterocycles. The molecule has 2 unspecified atom stereocenters. The zero-order valence-corrected chi connectivity index (χ0v) is 14.1. The van der Waals surface area contributed by atoms with Gasteiger partial charge in [-0.1, -0.05) is 13.0 Å². The number of hydrogen-bond donors (Lipinski definition) is 0. The van der Waals surface area contributed by atoms with E-state index in [0.29, 0.717) is 27.7 Å². The molecule has 0 radical (unpaired) electrons. The van der Waals surface area contributed by atoms with E-state index in [-0.39, 0.29) is 6.04 Å². The lowest BCUT2D eigenvalue weighted by Crippen LogP contribution is -2.34. The number of hydrogen-bond acceptors (Lipinski definition) is 2. The first-order valence-electron chi connectivity index (χ1n) is 6.22. The predicted molar refractivity (Wildman–Crippen MR) is 80.8 cm³/mol. The Bertz CT molecular complexity index is 576. The molecule has 1 aliphatic rings. The summed E-state index contributed by atoms with van der Waals surface area (Å²) < 4.78 is 27.5. The van der Waals surface area contributed by atoms with Crippen LogP contribution in [0.2, 0.25) is 0 Å². The van der Waals surface area contributed by atoms with Gasteiger partial charge in [0.25, 0.3) is 0 Å². The van der Waals surface area contributed by atoms with Crippen molar-refractivity contribution in [2.45, 2.75) is 37.1 Å². The van der Waals surface area contributed by atoms with E-state index in [2.05, 4.69) is 22.9 Å². The van der Waals surface area contributed by atoms with Crippen LogP contribution in [0.15, 0.2) is 27.6 Å². The smallest absolute Gasteiger partial charge is 0.207 e. The second-order valence-corrected chi connectivity index (χ2v) is 8.14. The molecule has 1 aromatic carbocycles. The Morgan fingerprint density at radius 3 is 2.58 bits per heavy atom. The molecule has 19 heavy (non-hydrogen) atoms. The summed E-state index contributed by atoms with van der Waals surface area (Å²) in [5.41, 5.74) is 0.898. The first-order valence-corrected chi connectivity index (χ1v) is 8.99. The first kappa shape index (κ1) is 15.3. The number of benzene rings is 1. The fourth-order valence-electron chi connectivity index (χ4n) is 2.56. The Morgan fingerprint density at radius 1 is 1.42 bits per heavy atom. The van der Waals surface area contributed by atoms with E-state index in [1.54, 1.807) is 22.5 Å². The van der Waals surface area contributed by atoms with Gasteiger partial charge in [0, 0.05) is 22.9 Å². The highest BCUT2D eigenvalue weighted by molar-refractivity contribution is 9.10. The van der Waals surface area contributed by atoms with E-state index in [9.17, 15) is 8.42 Å². The lowest BCUT2D eigenvalue weighted by atomic mass is 10.1. The Labute approximate surface area is 128 Å². The van der Waals surface area contributed by atoms with Gasteiger partial charge in [0.15, 0.2) is 0 Å². The lowest BCUT2D eigenvalue weighted by Gasteiger charge is -2.21. The van der Waals surface area contributed by atoms with Crippen LogP contribution in [0, 0.1) is 5.92 Å². The van der Waals surface area contributed by atoms with Crippen molar-refractivity contribution in [1.82, 2.24) is 4.31 Å². The van der Waals surface area contributed by atoms with E-state index < -0.39 is 10.0 Å². The number of rotatable bonds is 3. The van der Waals surface area contributed by atoms with Crippen LogP contribution < -0.4 is 0 Å². The molecular weight excluding hydrogens is 350 g/mol. The summed E-state index contributed by atoms with van der Waals surface area (Å²) in [6.07, 6.45) is 0.913. The molecule has 1 aromatic rings. The van der Waals surface area contributed by atoms with Crippen LogP contribution in [-0.2, 0) is 15.9 Å². The molecule has 3 nitrogen and oxygen atoms in total. The third kappa shape index (κ3) is 2.99. The highest BCUT2D eigenvalue weighted by atomic mass is 79.9. The van der Waals surface area contributed by atoms with Crippen molar-refractivity contribution in [3.05, 3.63) is 28.2 Å². The van der Waals surface area contributed by atoms with Gasteiger partial charge in [-0.2, -0.15) is 4.31 Å². The van der Waals surface area contributed by atoms with Crippen molar-refractivity contribution < 1.29 is 8.42 Å². The number of alkyl halides is 1. The monoisotopic (exact) mass is 365 g/mol. The minimum atomic E-state index is -3.43. The molecule has 0 aliphatic carbocycles. The highest BCUT2D eigenvalue weighted by Crippen LogP contribution is 2.32. The zero-order valence-electron chi connectivity index (χ0n) is 10.9. The quantitative estimate of drug-likeness (QED) is 0.766. The summed E-state index contributed by atoms with van der Waals surface area (Å²) in [6, 6.07) is 5.21. The Kier molecular flexibility index (Phi) is 4.60. The molecule has 0 amide bonds. The number of sulfonamides is 1. The predicted octanol–water partition coefficient (Wildman–Crippen LogP) is 3.61. The summed E-state index contributed by atoms with van der Waals surface area (Å²) in [5.74, 6) is 0.779. The minimum absolute atomic E-state index is 0.0552. The van der Waals surface area contributed by atoms with Gasteiger partial charge < -0.3 is 0 Å². The third-order valence-electron chi connectivity index (χ3n) is 3.46. The van der Waals surface area contributed by atoms with Crippen LogP contribution in [0.3, 0.4) is 0 Å². The summed E-state index contributed by atoms with van der Waals surface area (Å²) in [5, 5.41) is 0. The lowest BCUT2D eigenvalue weighted by molar-refractivity contribution is 0.405. The maximum absolute atomic E-state index is 12.7. The number of nitrogens with zero attached hydrogens (tertiary/aromatic N) is 1. The van der Waals surface area contributed by atoms with E-state index in [1.807, 2.05) is 6.92 Å². The van der Waals surface area contributed by atoms with Crippen molar-refractivity contribution in [3.8, 4) is 0 Å². The van der Waals surface area contributed by atoms with E-state index in [4.69, 9.17) is 11.6 Å².